The number of carbonyl (C=O) groups is 3. The van der Waals surface area contributed by atoms with Crippen molar-refractivity contribution in [1.82, 2.24) is 0 Å². The van der Waals surface area contributed by atoms with Gasteiger partial charge in [-0.15, -0.1) is 0 Å². The van der Waals surface area contributed by atoms with Crippen molar-refractivity contribution in [2.45, 2.75) is 71.2 Å². The Balaban J connectivity index is 1.85. The highest BCUT2D eigenvalue weighted by atomic mass is 16.6. The Hall–Kier alpha value is -1.33. The molecule has 4 aliphatic rings. The van der Waals surface area contributed by atoms with Crippen LogP contribution in [0.4, 0.5) is 0 Å². The van der Waals surface area contributed by atoms with Gasteiger partial charge in [0.25, 0.3) is 0 Å². The van der Waals surface area contributed by atoms with Gasteiger partial charge in [-0.1, -0.05) is 13.8 Å². The van der Waals surface area contributed by atoms with Crippen molar-refractivity contribution in [2.24, 2.45) is 28.6 Å². The summed E-state index contributed by atoms with van der Waals surface area (Å²) in [7, 11) is 0. The van der Waals surface area contributed by atoms with Gasteiger partial charge in [-0.3, -0.25) is 9.59 Å². The average molecular weight is 360 g/mol. The van der Waals surface area contributed by atoms with Gasteiger partial charge < -0.3 is 14.6 Å². The highest BCUT2D eigenvalue weighted by Crippen LogP contribution is 2.69. The molecule has 1 aliphatic heterocycles. The van der Waals surface area contributed by atoms with Crippen LogP contribution in [-0.4, -0.2) is 34.9 Å². The summed E-state index contributed by atoms with van der Waals surface area (Å²) in [6, 6.07) is 0. The molecule has 3 unspecified atom stereocenters. The molecule has 3 fully saturated rings. The summed E-state index contributed by atoms with van der Waals surface area (Å²) in [5.74, 6) is -0.113. The molecule has 0 amide bonds. The summed E-state index contributed by atoms with van der Waals surface area (Å²) in [4.78, 5) is 36.4. The van der Waals surface area contributed by atoms with Gasteiger partial charge in [-0.25, -0.2) is 0 Å². The molecule has 7 atom stereocenters. The van der Waals surface area contributed by atoms with Gasteiger partial charge >= 0.3 is 0 Å². The van der Waals surface area contributed by atoms with E-state index in [1.54, 1.807) is 13.0 Å². The van der Waals surface area contributed by atoms with E-state index in [0.29, 0.717) is 12.8 Å². The highest BCUT2D eigenvalue weighted by molar-refractivity contribution is 5.96. The van der Waals surface area contributed by atoms with Crippen molar-refractivity contribution < 1.29 is 24.2 Å². The topological polar surface area (TPSA) is 80.7 Å². The Bertz CT molecular complexity index is 711. The summed E-state index contributed by atoms with van der Waals surface area (Å²) in [6.45, 7) is 5.85. The minimum absolute atomic E-state index is 0.0196. The van der Waals surface area contributed by atoms with Gasteiger partial charge in [-0.05, 0) is 55.6 Å². The molecule has 1 heterocycles. The summed E-state index contributed by atoms with van der Waals surface area (Å²) in [5.41, 5.74) is -0.451. The highest BCUT2D eigenvalue weighted by Gasteiger charge is 2.70. The molecule has 1 spiro atoms. The second-order valence-corrected chi connectivity index (χ2v) is 9.28. The number of aldehydes is 1. The van der Waals surface area contributed by atoms with Crippen LogP contribution >= 0.6 is 0 Å². The lowest BCUT2D eigenvalue weighted by molar-refractivity contribution is -0.171. The van der Waals surface area contributed by atoms with E-state index < -0.39 is 23.2 Å². The average Bonchev–Trinajstić information content (AvgIpc) is 3.03. The molecule has 0 radical (unpaired) electrons. The van der Waals surface area contributed by atoms with Gasteiger partial charge in [0.1, 0.15) is 12.1 Å². The first-order chi connectivity index (χ1) is 12.2. The standard InChI is InChI=1S/C21H28O5/c1-12(23)13-4-5-14-16-10-17(24)15(6-9-22)20(3)11-18(25)26-21(16,20)8-7-19(13,14)2/h9-10,13-15,18,25H,4-8,11H2,1-3H3/t13?,14-,15?,18?,19+,20-,21+/m0/s1. The summed E-state index contributed by atoms with van der Waals surface area (Å²) in [6.07, 6.45) is 5.36. The third-order valence-electron chi connectivity index (χ3n) is 8.28. The minimum Gasteiger partial charge on any atom is -0.368 e. The third-order valence-corrected chi connectivity index (χ3v) is 8.28. The summed E-state index contributed by atoms with van der Waals surface area (Å²) < 4.78 is 6.17. The van der Waals surface area contributed by atoms with Crippen molar-refractivity contribution in [3.63, 3.8) is 0 Å². The second kappa shape index (κ2) is 5.59. The zero-order valence-electron chi connectivity index (χ0n) is 15.8. The van der Waals surface area contributed by atoms with Crippen molar-refractivity contribution in [3.8, 4) is 0 Å². The van der Waals surface area contributed by atoms with Crippen molar-refractivity contribution in [1.29, 1.82) is 0 Å². The molecule has 5 nitrogen and oxygen atoms in total. The molecule has 0 aromatic rings. The van der Waals surface area contributed by atoms with E-state index in [1.165, 1.54) is 0 Å². The third kappa shape index (κ3) is 2.02. The van der Waals surface area contributed by atoms with Gasteiger partial charge in [0.2, 0.25) is 0 Å². The fourth-order valence-electron chi connectivity index (χ4n) is 6.99. The lowest BCUT2D eigenvalue weighted by Crippen LogP contribution is -2.59. The van der Waals surface area contributed by atoms with E-state index in [1.807, 2.05) is 6.92 Å². The first-order valence-corrected chi connectivity index (χ1v) is 9.75. The zero-order valence-corrected chi connectivity index (χ0v) is 15.8. The number of fused-ring (bicyclic) bond motifs is 2. The maximum absolute atomic E-state index is 13.0. The largest absolute Gasteiger partial charge is 0.368 e. The van der Waals surface area contributed by atoms with E-state index in [9.17, 15) is 19.5 Å². The lowest BCUT2D eigenvalue weighted by Gasteiger charge is -2.57. The van der Waals surface area contributed by atoms with Gasteiger partial charge in [-0.2, -0.15) is 0 Å². The number of hydrogen-bond donors (Lipinski definition) is 1. The number of rotatable bonds is 3. The van der Waals surface area contributed by atoms with Gasteiger partial charge in [0.15, 0.2) is 12.1 Å². The molecule has 2 saturated carbocycles. The van der Waals surface area contributed by atoms with E-state index in [2.05, 4.69) is 6.92 Å². The summed E-state index contributed by atoms with van der Waals surface area (Å²) >= 11 is 0. The molecule has 0 aromatic heterocycles. The SMILES string of the molecule is CC(=O)C1CC[C@H]2C3=CC(=O)C(CC=O)[C@]4(C)CC(O)O[C@]34CC[C@]12C. The smallest absolute Gasteiger partial charge is 0.159 e. The second-order valence-electron chi connectivity index (χ2n) is 9.28. The van der Waals surface area contributed by atoms with Crippen LogP contribution in [0.25, 0.3) is 0 Å². The first-order valence-electron chi connectivity index (χ1n) is 9.75. The van der Waals surface area contributed by atoms with Crippen molar-refractivity contribution >= 4 is 17.9 Å². The molecule has 0 aromatic carbocycles. The Labute approximate surface area is 154 Å². The number of carbonyl (C=O) groups excluding carboxylic acids is 3. The Morgan fingerprint density at radius 3 is 2.73 bits per heavy atom. The predicted octanol–water partition coefficient (Wildman–Crippen LogP) is 2.60. The van der Waals surface area contributed by atoms with Gasteiger partial charge in [0.05, 0.1) is 5.60 Å². The Kier molecular flexibility index (Phi) is 3.88. The lowest BCUT2D eigenvalue weighted by atomic mass is 9.48. The van der Waals surface area contributed by atoms with Crippen LogP contribution in [0.3, 0.4) is 0 Å². The molecule has 3 aliphatic carbocycles. The zero-order chi connectivity index (χ0) is 18.9. The fourth-order valence-corrected chi connectivity index (χ4v) is 6.99. The first kappa shape index (κ1) is 18.1. The molecular formula is C21H28O5. The molecular weight excluding hydrogens is 332 g/mol. The van der Waals surface area contributed by atoms with Crippen molar-refractivity contribution in [3.05, 3.63) is 11.6 Å². The number of ketones is 2. The van der Waals surface area contributed by atoms with Crippen LogP contribution in [0.2, 0.25) is 0 Å². The van der Waals surface area contributed by atoms with E-state index in [0.717, 1.165) is 31.1 Å². The number of aliphatic hydroxyl groups is 1. The minimum atomic E-state index is -0.919. The van der Waals surface area contributed by atoms with Crippen molar-refractivity contribution in [2.75, 3.05) is 0 Å². The molecule has 1 saturated heterocycles. The monoisotopic (exact) mass is 360 g/mol. The maximum atomic E-state index is 13.0. The van der Waals surface area contributed by atoms with Crippen LogP contribution in [-0.2, 0) is 19.1 Å². The van der Waals surface area contributed by atoms with E-state index in [-0.39, 0.29) is 35.2 Å². The number of ether oxygens (including phenoxy) is 1. The molecule has 5 heteroatoms. The van der Waals surface area contributed by atoms with E-state index >= 15 is 0 Å². The number of aliphatic hydroxyl groups excluding tert-OH is 1. The van der Waals surface area contributed by atoms with Crippen LogP contribution < -0.4 is 0 Å². The molecule has 1 N–H and O–H groups in total. The van der Waals surface area contributed by atoms with Crippen LogP contribution in [0, 0.1) is 28.6 Å². The molecule has 26 heavy (non-hydrogen) atoms. The number of hydrogen-bond acceptors (Lipinski definition) is 5. The predicted molar refractivity (Wildman–Crippen MR) is 94.0 cm³/mol. The molecule has 4 rings (SSSR count). The molecule has 142 valence electrons. The number of Topliss-reactive ketones (excluding diaryl/α,β-unsaturated/α-hetero) is 1. The number of allylic oxidation sites excluding steroid dienone is 1. The Morgan fingerprint density at radius 2 is 2.08 bits per heavy atom. The van der Waals surface area contributed by atoms with Crippen LogP contribution in [0.1, 0.15) is 59.3 Å². The normalized spacial score (nSPS) is 49.8. The quantitative estimate of drug-likeness (QED) is 0.783. The maximum Gasteiger partial charge on any atom is 0.159 e. The summed E-state index contributed by atoms with van der Waals surface area (Å²) in [5, 5.41) is 10.4. The van der Waals surface area contributed by atoms with Crippen LogP contribution in [0.15, 0.2) is 11.6 Å². The molecule has 0 bridgehead atoms. The van der Waals surface area contributed by atoms with Crippen LogP contribution in [0.5, 0.6) is 0 Å². The fraction of sp³-hybridized carbons (Fsp3) is 0.762. The van der Waals surface area contributed by atoms with Gasteiger partial charge in [0, 0.05) is 30.1 Å². The van der Waals surface area contributed by atoms with E-state index in [4.69, 9.17) is 4.74 Å². The Morgan fingerprint density at radius 1 is 1.35 bits per heavy atom.